The normalized spacial score (nSPS) is 10.9. The van der Waals surface area contributed by atoms with Crippen LogP contribution in [0.2, 0.25) is 0 Å². The highest BCUT2D eigenvalue weighted by atomic mass is 16.5. The first-order valence-corrected chi connectivity index (χ1v) is 5.28. The molecule has 0 bridgehead atoms. The Bertz CT molecular complexity index is 396. The monoisotopic (exact) mass is 235 g/mol. The van der Waals surface area contributed by atoms with Gasteiger partial charge in [-0.25, -0.2) is 4.79 Å². The topological polar surface area (TPSA) is 47.6 Å². The Kier molecular flexibility index (Phi) is 5.07. The summed E-state index contributed by atoms with van der Waals surface area (Å²) >= 11 is 0. The molecule has 1 aromatic rings. The fourth-order valence-corrected chi connectivity index (χ4v) is 1.27. The predicted molar refractivity (Wildman–Crippen MR) is 65.6 cm³/mol. The molecule has 0 aromatic heterocycles. The van der Waals surface area contributed by atoms with Gasteiger partial charge in [0.2, 0.25) is 0 Å². The molecule has 0 amide bonds. The molecule has 1 N–H and O–H groups in total. The van der Waals surface area contributed by atoms with Crippen LogP contribution in [0, 0.1) is 0 Å². The van der Waals surface area contributed by atoms with E-state index in [-0.39, 0.29) is 5.97 Å². The maximum atomic E-state index is 11.0. The van der Waals surface area contributed by atoms with E-state index >= 15 is 0 Å². The molecule has 0 spiro atoms. The fraction of sp³-hybridized carbons (Fsp3) is 0.308. The molecule has 0 aliphatic carbocycles. The van der Waals surface area contributed by atoms with Gasteiger partial charge in [-0.05, 0) is 24.6 Å². The van der Waals surface area contributed by atoms with Crippen molar-refractivity contribution in [2.24, 2.45) is 0 Å². The molecule has 4 heteroatoms. The average Bonchev–Trinajstić information content (AvgIpc) is 2.36. The highest BCUT2D eigenvalue weighted by Crippen LogP contribution is 2.11. The van der Waals surface area contributed by atoms with E-state index in [0.717, 1.165) is 17.0 Å². The van der Waals surface area contributed by atoms with Crippen LogP contribution in [0.15, 0.2) is 36.0 Å². The lowest BCUT2D eigenvalue weighted by Crippen LogP contribution is -2.12. The van der Waals surface area contributed by atoms with Crippen molar-refractivity contribution in [3.8, 4) is 5.75 Å². The number of esters is 1. The molecule has 0 saturated heterocycles. The van der Waals surface area contributed by atoms with Crippen LogP contribution in [0.1, 0.15) is 12.5 Å². The second-order valence-corrected chi connectivity index (χ2v) is 3.55. The summed E-state index contributed by atoms with van der Waals surface area (Å²) < 4.78 is 9.60. The van der Waals surface area contributed by atoms with Crippen LogP contribution in [0.25, 0.3) is 0 Å². The maximum Gasteiger partial charge on any atom is 0.332 e. The summed E-state index contributed by atoms with van der Waals surface area (Å²) in [5.74, 6) is 0.473. The minimum Gasteiger partial charge on any atom is -0.497 e. The Morgan fingerprint density at radius 1 is 1.29 bits per heavy atom. The summed E-state index contributed by atoms with van der Waals surface area (Å²) in [6.07, 6.45) is 1.42. The number of allylic oxidation sites excluding steroid dienone is 1. The van der Waals surface area contributed by atoms with E-state index in [9.17, 15) is 4.79 Å². The zero-order chi connectivity index (χ0) is 12.7. The van der Waals surface area contributed by atoms with E-state index in [2.05, 4.69) is 10.1 Å². The van der Waals surface area contributed by atoms with Gasteiger partial charge in [0.25, 0.3) is 0 Å². The molecule has 92 valence electrons. The molecular formula is C13H17NO3. The van der Waals surface area contributed by atoms with Gasteiger partial charge in [0.1, 0.15) is 5.75 Å². The molecule has 1 aromatic carbocycles. The summed E-state index contributed by atoms with van der Waals surface area (Å²) in [5.41, 5.74) is 1.89. The Morgan fingerprint density at radius 2 is 1.94 bits per heavy atom. The average molecular weight is 235 g/mol. The van der Waals surface area contributed by atoms with Crippen LogP contribution >= 0.6 is 0 Å². The first kappa shape index (κ1) is 13.1. The van der Waals surface area contributed by atoms with Crippen LogP contribution < -0.4 is 10.1 Å². The predicted octanol–water partition coefficient (Wildman–Crippen LogP) is 1.86. The zero-order valence-corrected chi connectivity index (χ0v) is 10.3. The number of nitrogens with one attached hydrogen (secondary N) is 1. The Balaban J connectivity index is 2.49. The maximum absolute atomic E-state index is 11.0. The largest absolute Gasteiger partial charge is 0.497 e. The number of ether oxygens (including phenoxy) is 2. The van der Waals surface area contributed by atoms with Gasteiger partial charge in [-0.15, -0.1) is 0 Å². The van der Waals surface area contributed by atoms with Crippen molar-refractivity contribution in [3.05, 3.63) is 41.6 Å². The standard InChI is InChI=1S/C13H17NO3/c1-10(8-13(15)17-3)14-9-11-4-6-12(16-2)7-5-11/h4-8,14H,9H2,1-3H3/b10-8+. The summed E-state index contributed by atoms with van der Waals surface area (Å²) in [6, 6.07) is 7.74. The quantitative estimate of drug-likeness (QED) is 0.625. The number of benzene rings is 1. The van der Waals surface area contributed by atoms with Crippen LogP contribution in [0.3, 0.4) is 0 Å². The zero-order valence-electron chi connectivity index (χ0n) is 10.3. The van der Waals surface area contributed by atoms with Crippen molar-refractivity contribution in [2.75, 3.05) is 14.2 Å². The number of hydrogen-bond donors (Lipinski definition) is 1. The second kappa shape index (κ2) is 6.58. The Labute approximate surface area is 101 Å². The van der Waals surface area contributed by atoms with Crippen LogP contribution in [0.5, 0.6) is 5.75 Å². The third-order valence-electron chi connectivity index (χ3n) is 2.27. The minimum atomic E-state index is -0.357. The van der Waals surface area contributed by atoms with Gasteiger partial charge < -0.3 is 14.8 Å². The van der Waals surface area contributed by atoms with Crippen molar-refractivity contribution in [1.29, 1.82) is 0 Å². The lowest BCUT2D eigenvalue weighted by Gasteiger charge is -2.07. The molecule has 0 atom stereocenters. The number of rotatable bonds is 5. The minimum absolute atomic E-state index is 0.357. The third-order valence-corrected chi connectivity index (χ3v) is 2.27. The summed E-state index contributed by atoms with van der Waals surface area (Å²) in [4.78, 5) is 11.0. The van der Waals surface area contributed by atoms with E-state index < -0.39 is 0 Å². The molecule has 0 heterocycles. The van der Waals surface area contributed by atoms with Crippen molar-refractivity contribution in [2.45, 2.75) is 13.5 Å². The van der Waals surface area contributed by atoms with E-state index in [1.165, 1.54) is 13.2 Å². The van der Waals surface area contributed by atoms with Gasteiger partial charge in [0.05, 0.1) is 14.2 Å². The number of carbonyl (C=O) groups excluding carboxylic acids is 1. The van der Waals surface area contributed by atoms with Crippen LogP contribution in [-0.4, -0.2) is 20.2 Å². The lowest BCUT2D eigenvalue weighted by atomic mass is 10.2. The molecule has 1 rings (SSSR count). The summed E-state index contributed by atoms with van der Waals surface area (Å²) in [7, 11) is 2.99. The molecule has 0 saturated carbocycles. The molecule has 0 unspecified atom stereocenters. The molecule has 0 aliphatic heterocycles. The lowest BCUT2D eigenvalue weighted by molar-refractivity contribution is -0.134. The molecule has 0 aliphatic rings. The van der Waals surface area contributed by atoms with Gasteiger partial charge in [0.15, 0.2) is 0 Å². The van der Waals surface area contributed by atoms with Crippen molar-refractivity contribution in [1.82, 2.24) is 5.32 Å². The SMILES string of the molecule is COC(=O)/C=C(\C)NCc1ccc(OC)cc1. The highest BCUT2D eigenvalue weighted by Gasteiger charge is 1.97. The molecule has 0 fully saturated rings. The van der Waals surface area contributed by atoms with Crippen LogP contribution in [-0.2, 0) is 16.1 Å². The van der Waals surface area contributed by atoms with Crippen molar-refractivity contribution < 1.29 is 14.3 Å². The fourth-order valence-electron chi connectivity index (χ4n) is 1.27. The van der Waals surface area contributed by atoms with E-state index in [4.69, 9.17) is 4.74 Å². The van der Waals surface area contributed by atoms with Crippen molar-refractivity contribution in [3.63, 3.8) is 0 Å². The smallest absolute Gasteiger partial charge is 0.332 e. The van der Waals surface area contributed by atoms with Crippen molar-refractivity contribution >= 4 is 5.97 Å². The molecular weight excluding hydrogens is 218 g/mol. The van der Waals surface area contributed by atoms with Crippen LogP contribution in [0.4, 0.5) is 0 Å². The summed E-state index contributed by atoms with van der Waals surface area (Å²) in [6.45, 7) is 2.48. The Morgan fingerprint density at radius 3 is 2.47 bits per heavy atom. The van der Waals surface area contributed by atoms with E-state index in [0.29, 0.717) is 6.54 Å². The van der Waals surface area contributed by atoms with E-state index in [1.54, 1.807) is 7.11 Å². The number of methoxy groups -OCH3 is 2. The second-order valence-electron chi connectivity index (χ2n) is 3.55. The van der Waals surface area contributed by atoms with Gasteiger partial charge in [-0.3, -0.25) is 0 Å². The third kappa shape index (κ3) is 4.59. The first-order chi connectivity index (χ1) is 8.15. The van der Waals surface area contributed by atoms with Gasteiger partial charge in [0, 0.05) is 18.3 Å². The van der Waals surface area contributed by atoms with Gasteiger partial charge in [-0.1, -0.05) is 12.1 Å². The van der Waals surface area contributed by atoms with Gasteiger partial charge >= 0.3 is 5.97 Å². The summed E-state index contributed by atoms with van der Waals surface area (Å²) in [5, 5.41) is 3.12. The van der Waals surface area contributed by atoms with E-state index in [1.807, 2.05) is 31.2 Å². The Hall–Kier alpha value is -1.97. The molecule has 0 radical (unpaired) electrons. The number of carbonyl (C=O) groups is 1. The molecule has 4 nitrogen and oxygen atoms in total. The first-order valence-electron chi connectivity index (χ1n) is 5.28. The highest BCUT2D eigenvalue weighted by molar-refractivity contribution is 5.82. The van der Waals surface area contributed by atoms with Gasteiger partial charge in [-0.2, -0.15) is 0 Å². The molecule has 17 heavy (non-hydrogen) atoms. The number of hydrogen-bond acceptors (Lipinski definition) is 4.